The molecule has 2 spiro atoms. The van der Waals surface area contributed by atoms with Crippen LogP contribution in [0, 0.1) is 11.8 Å². The minimum Gasteiger partial charge on any atom is -0.305 e. The van der Waals surface area contributed by atoms with Crippen molar-refractivity contribution in [1.82, 2.24) is 5.32 Å². The molecule has 0 radical (unpaired) electrons. The zero-order chi connectivity index (χ0) is 18.5. The molecule has 0 bridgehead atoms. The Morgan fingerprint density at radius 1 is 0.720 bits per heavy atom. The number of ketones is 1. The molecule has 25 heavy (non-hydrogen) atoms. The summed E-state index contributed by atoms with van der Waals surface area (Å²) in [5, 5.41) is 3.40. The van der Waals surface area contributed by atoms with Crippen molar-refractivity contribution in [3.05, 3.63) is 0 Å². The lowest BCUT2D eigenvalue weighted by atomic mass is 9.64. The fourth-order valence-electron chi connectivity index (χ4n) is 5.07. The molecular formula is C17H23F6NO. The molecule has 0 aromatic carbocycles. The SMILES string of the molecule is O=C1CC2(CCC(C(F)(F)F)CC2)NC2(CCC(C(F)(F)F)CC2)C1. The second-order valence-corrected chi connectivity index (χ2v) is 8.21. The average Bonchev–Trinajstić information content (AvgIpc) is 2.45. The molecule has 1 aliphatic heterocycles. The van der Waals surface area contributed by atoms with Crippen LogP contribution in [0.4, 0.5) is 26.3 Å². The number of nitrogens with one attached hydrogen (secondary N) is 1. The van der Waals surface area contributed by atoms with Gasteiger partial charge in [0.2, 0.25) is 0 Å². The van der Waals surface area contributed by atoms with E-state index in [-0.39, 0.29) is 70.0 Å². The van der Waals surface area contributed by atoms with E-state index in [0.717, 1.165) is 0 Å². The van der Waals surface area contributed by atoms with Gasteiger partial charge in [0.1, 0.15) is 5.78 Å². The Labute approximate surface area is 142 Å². The summed E-state index contributed by atoms with van der Waals surface area (Å²) in [6.45, 7) is 0. The lowest BCUT2D eigenvalue weighted by Crippen LogP contribution is -2.65. The second-order valence-electron chi connectivity index (χ2n) is 8.21. The summed E-state index contributed by atoms with van der Waals surface area (Å²) in [6, 6.07) is 0. The lowest BCUT2D eigenvalue weighted by Gasteiger charge is -2.53. The van der Waals surface area contributed by atoms with Gasteiger partial charge in [-0.25, -0.2) is 0 Å². The first-order valence-electron chi connectivity index (χ1n) is 8.88. The van der Waals surface area contributed by atoms with E-state index in [4.69, 9.17) is 0 Å². The Balaban J connectivity index is 1.68. The van der Waals surface area contributed by atoms with Crippen molar-refractivity contribution in [2.45, 2.75) is 87.6 Å². The molecule has 2 saturated carbocycles. The third-order valence-electron chi connectivity index (χ3n) is 6.41. The van der Waals surface area contributed by atoms with Gasteiger partial charge in [0.25, 0.3) is 0 Å². The predicted octanol–water partition coefficient (Wildman–Crippen LogP) is 4.92. The van der Waals surface area contributed by atoms with E-state index in [1.165, 1.54) is 0 Å². The highest BCUT2D eigenvalue weighted by Crippen LogP contribution is 2.49. The van der Waals surface area contributed by atoms with Crippen LogP contribution in [-0.4, -0.2) is 29.2 Å². The van der Waals surface area contributed by atoms with Crippen molar-refractivity contribution in [2.24, 2.45) is 11.8 Å². The molecule has 2 nitrogen and oxygen atoms in total. The van der Waals surface area contributed by atoms with E-state index in [9.17, 15) is 31.1 Å². The maximum Gasteiger partial charge on any atom is 0.391 e. The molecule has 3 fully saturated rings. The molecule has 0 aromatic rings. The third kappa shape index (κ3) is 3.98. The smallest absolute Gasteiger partial charge is 0.305 e. The fourth-order valence-corrected chi connectivity index (χ4v) is 5.07. The minimum atomic E-state index is -4.22. The predicted molar refractivity (Wildman–Crippen MR) is 78.9 cm³/mol. The largest absolute Gasteiger partial charge is 0.391 e. The maximum absolute atomic E-state index is 12.9. The van der Waals surface area contributed by atoms with Crippen LogP contribution in [-0.2, 0) is 4.79 Å². The summed E-state index contributed by atoms with van der Waals surface area (Å²) in [6.07, 6.45) is -7.11. The summed E-state index contributed by atoms with van der Waals surface area (Å²) < 4.78 is 77.3. The summed E-state index contributed by atoms with van der Waals surface area (Å²) in [5.74, 6) is -2.71. The van der Waals surface area contributed by atoms with E-state index in [1.807, 2.05) is 0 Å². The van der Waals surface area contributed by atoms with Crippen LogP contribution in [0.5, 0.6) is 0 Å². The van der Waals surface area contributed by atoms with Crippen molar-refractivity contribution in [3.8, 4) is 0 Å². The van der Waals surface area contributed by atoms with Crippen molar-refractivity contribution < 1.29 is 31.1 Å². The number of carbonyl (C=O) groups is 1. The number of piperidine rings is 1. The summed E-state index contributed by atoms with van der Waals surface area (Å²) in [7, 11) is 0. The summed E-state index contributed by atoms with van der Waals surface area (Å²) in [5.41, 5.74) is -1.33. The number of rotatable bonds is 0. The first kappa shape index (κ1) is 19.0. The molecule has 0 unspecified atom stereocenters. The highest BCUT2D eigenvalue weighted by Gasteiger charge is 2.54. The van der Waals surface area contributed by atoms with Crippen LogP contribution < -0.4 is 5.32 Å². The van der Waals surface area contributed by atoms with Gasteiger partial charge in [0.15, 0.2) is 0 Å². The zero-order valence-electron chi connectivity index (χ0n) is 13.9. The van der Waals surface area contributed by atoms with Crippen molar-refractivity contribution in [3.63, 3.8) is 0 Å². The minimum absolute atomic E-state index is 0.0228. The Bertz CT molecular complexity index is 466. The maximum atomic E-state index is 12.9. The van der Waals surface area contributed by atoms with E-state index in [1.54, 1.807) is 0 Å². The number of Topliss-reactive ketones (excluding diaryl/α,β-unsaturated/α-hetero) is 1. The second kappa shape index (κ2) is 6.13. The number of hydrogen-bond donors (Lipinski definition) is 1. The van der Waals surface area contributed by atoms with Crippen LogP contribution in [0.15, 0.2) is 0 Å². The molecular weight excluding hydrogens is 348 g/mol. The fraction of sp³-hybridized carbons (Fsp3) is 0.941. The van der Waals surface area contributed by atoms with Crippen molar-refractivity contribution >= 4 is 5.78 Å². The molecule has 3 aliphatic rings. The molecule has 0 aromatic heterocycles. The van der Waals surface area contributed by atoms with Crippen LogP contribution in [0.1, 0.15) is 64.2 Å². The zero-order valence-corrected chi connectivity index (χ0v) is 13.9. The van der Waals surface area contributed by atoms with Crippen molar-refractivity contribution in [2.75, 3.05) is 0 Å². The van der Waals surface area contributed by atoms with Gasteiger partial charge in [-0.1, -0.05) is 0 Å². The first-order valence-corrected chi connectivity index (χ1v) is 8.88. The van der Waals surface area contributed by atoms with Crippen LogP contribution >= 0.6 is 0 Å². The summed E-state index contributed by atoms with van der Waals surface area (Å²) in [4.78, 5) is 12.3. The highest BCUT2D eigenvalue weighted by atomic mass is 19.4. The average molecular weight is 371 g/mol. The van der Waals surface area contributed by atoms with Gasteiger partial charge in [-0.3, -0.25) is 4.79 Å². The van der Waals surface area contributed by atoms with E-state index >= 15 is 0 Å². The van der Waals surface area contributed by atoms with Gasteiger partial charge in [-0.05, 0) is 51.4 Å². The number of halogens is 6. The molecule has 0 amide bonds. The standard InChI is InChI=1S/C17H23F6NO/c18-16(19,20)11-1-5-14(6-2-11)9-13(25)10-15(24-14)7-3-12(4-8-15)17(21,22)23/h11-12,24H,1-10H2. The van der Waals surface area contributed by atoms with Gasteiger partial charge in [0, 0.05) is 23.9 Å². The molecule has 1 saturated heterocycles. The van der Waals surface area contributed by atoms with Gasteiger partial charge in [0.05, 0.1) is 11.8 Å². The third-order valence-corrected chi connectivity index (χ3v) is 6.41. The molecule has 2 aliphatic carbocycles. The Hall–Kier alpha value is -0.790. The van der Waals surface area contributed by atoms with Crippen LogP contribution in [0.25, 0.3) is 0 Å². The quantitative estimate of drug-likeness (QED) is 0.613. The molecule has 8 heteroatoms. The van der Waals surface area contributed by atoms with Gasteiger partial charge in [-0.15, -0.1) is 0 Å². The Morgan fingerprint density at radius 2 is 1.04 bits per heavy atom. The Morgan fingerprint density at radius 3 is 1.32 bits per heavy atom. The van der Waals surface area contributed by atoms with Gasteiger partial charge in [-0.2, -0.15) is 26.3 Å². The molecule has 0 atom stereocenters. The topological polar surface area (TPSA) is 29.1 Å². The first-order chi connectivity index (χ1) is 11.4. The normalized spacial score (nSPS) is 40.6. The monoisotopic (exact) mass is 371 g/mol. The Kier molecular flexibility index (Phi) is 4.66. The number of alkyl halides is 6. The van der Waals surface area contributed by atoms with Crippen LogP contribution in [0.2, 0.25) is 0 Å². The van der Waals surface area contributed by atoms with Crippen molar-refractivity contribution in [1.29, 1.82) is 0 Å². The van der Waals surface area contributed by atoms with Gasteiger partial charge >= 0.3 is 12.4 Å². The molecule has 1 N–H and O–H groups in total. The molecule has 144 valence electrons. The summed E-state index contributed by atoms with van der Waals surface area (Å²) >= 11 is 0. The van der Waals surface area contributed by atoms with Crippen LogP contribution in [0.3, 0.4) is 0 Å². The van der Waals surface area contributed by atoms with E-state index in [0.29, 0.717) is 0 Å². The number of carbonyl (C=O) groups excluding carboxylic acids is 1. The van der Waals surface area contributed by atoms with E-state index in [2.05, 4.69) is 5.32 Å². The highest BCUT2D eigenvalue weighted by molar-refractivity contribution is 5.82. The molecule has 3 rings (SSSR count). The lowest BCUT2D eigenvalue weighted by molar-refractivity contribution is -0.190. The molecule has 1 heterocycles. The van der Waals surface area contributed by atoms with E-state index < -0.39 is 35.3 Å². The van der Waals surface area contributed by atoms with Gasteiger partial charge < -0.3 is 5.32 Å². The number of hydrogen-bond acceptors (Lipinski definition) is 2.